The summed E-state index contributed by atoms with van der Waals surface area (Å²) in [5.74, 6) is 1.03. The van der Waals surface area contributed by atoms with Gasteiger partial charge in [0.25, 0.3) is 5.91 Å². The highest BCUT2D eigenvalue weighted by Crippen LogP contribution is 2.24. The second-order valence-corrected chi connectivity index (χ2v) is 8.10. The van der Waals surface area contributed by atoms with Crippen LogP contribution in [0.4, 0.5) is 4.39 Å². The zero-order valence-electron chi connectivity index (χ0n) is 18.5. The summed E-state index contributed by atoms with van der Waals surface area (Å²) in [5, 5.41) is 3.95. The summed E-state index contributed by atoms with van der Waals surface area (Å²) < 4.78 is 25.2. The van der Waals surface area contributed by atoms with E-state index in [1.54, 1.807) is 12.1 Å². The number of rotatable bonds is 6. The molecule has 0 spiro atoms. The number of para-hydroxylation sites is 1. The minimum atomic E-state index is -0.186. The van der Waals surface area contributed by atoms with E-state index in [0.29, 0.717) is 55.4 Å². The predicted octanol–water partition coefficient (Wildman–Crippen LogP) is 4.36. The molecule has 1 saturated heterocycles. The van der Waals surface area contributed by atoms with Gasteiger partial charge < -0.3 is 14.2 Å². The molecule has 4 rings (SSSR count). The molecule has 1 fully saturated rings. The molecule has 0 unspecified atom stereocenters. The van der Waals surface area contributed by atoms with Gasteiger partial charge in [0.05, 0.1) is 16.8 Å². The number of amides is 1. The lowest BCUT2D eigenvalue weighted by molar-refractivity contribution is 0.0756. The van der Waals surface area contributed by atoms with Gasteiger partial charge >= 0.3 is 0 Å². The lowest BCUT2D eigenvalue weighted by atomic mass is 10.1. The molecule has 0 radical (unpaired) electrons. The number of hydrogen-bond donors (Lipinski definition) is 0. The maximum absolute atomic E-state index is 14.0. The number of hydrogen-bond acceptors (Lipinski definition) is 5. The van der Waals surface area contributed by atoms with Crippen molar-refractivity contribution in [2.75, 3.05) is 26.2 Å². The first-order valence-electron chi connectivity index (χ1n) is 10.9. The summed E-state index contributed by atoms with van der Waals surface area (Å²) in [5.41, 5.74) is 2.91. The number of aromatic nitrogens is 1. The summed E-state index contributed by atoms with van der Waals surface area (Å²) in [4.78, 5) is 17.4. The number of carbonyl (C=O) groups excluding carboxylic acids is 1. The van der Waals surface area contributed by atoms with Gasteiger partial charge in [-0.05, 0) is 38.5 Å². The Morgan fingerprint density at radius 2 is 1.84 bits per heavy atom. The first-order valence-corrected chi connectivity index (χ1v) is 10.9. The molecule has 168 valence electrons. The third-order valence-electron chi connectivity index (χ3n) is 5.90. The highest BCUT2D eigenvalue weighted by molar-refractivity contribution is 5.97. The number of nitrogens with zero attached hydrogens (tertiary/aromatic N) is 3. The van der Waals surface area contributed by atoms with E-state index in [0.717, 1.165) is 24.2 Å². The molecule has 2 heterocycles. The van der Waals surface area contributed by atoms with Crippen molar-refractivity contribution in [3.8, 4) is 5.75 Å². The smallest absolute Gasteiger partial charge is 0.257 e. The maximum Gasteiger partial charge on any atom is 0.257 e. The molecule has 0 bridgehead atoms. The lowest BCUT2D eigenvalue weighted by Crippen LogP contribution is -2.35. The molecule has 1 amide bonds. The molecule has 32 heavy (non-hydrogen) atoms. The summed E-state index contributed by atoms with van der Waals surface area (Å²) in [6.45, 7) is 7.32. The van der Waals surface area contributed by atoms with Gasteiger partial charge in [0.15, 0.2) is 0 Å². The fraction of sp³-hybridized carbons (Fsp3) is 0.360. The molecular weight excluding hydrogens is 409 g/mol. The molecule has 1 aliphatic heterocycles. The van der Waals surface area contributed by atoms with Crippen LogP contribution in [0.5, 0.6) is 5.75 Å². The Morgan fingerprint density at radius 1 is 1.06 bits per heavy atom. The van der Waals surface area contributed by atoms with Gasteiger partial charge in [0.2, 0.25) is 0 Å². The molecule has 0 aliphatic carbocycles. The molecule has 1 aromatic heterocycles. The fourth-order valence-corrected chi connectivity index (χ4v) is 4.00. The van der Waals surface area contributed by atoms with E-state index in [9.17, 15) is 9.18 Å². The van der Waals surface area contributed by atoms with E-state index >= 15 is 0 Å². The molecule has 2 aromatic carbocycles. The third kappa shape index (κ3) is 4.99. The van der Waals surface area contributed by atoms with E-state index in [2.05, 4.69) is 10.1 Å². The topological polar surface area (TPSA) is 58.8 Å². The Bertz CT molecular complexity index is 1060. The van der Waals surface area contributed by atoms with Gasteiger partial charge in [0, 0.05) is 38.3 Å². The number of ether oxygens (including phenoxy) is 1. The van der Waals surface area contributed by atoms with Crippen LogP contribution >= 0.6 is 0 Å². The number of aryl methyl sites for hydroxylation is 2. The normalized spacial score (nSPS) is 14.9. The van der Waals surface area contributed by atoms with Crippen molar-refractivity contribution in [3.05, 3.63) is 82.5 Å². The molecule has 0 saturated carbocycles. The van der Waals surface area contributed by atoms with Crippen molar-refractivity contribution in [1.29, 1.82) is 0 Å². The van der Waals surface area contributed by atoms with Crippen LogP contribution in [-0.4, -0.2) is 47.0 Å². The highest BCUT2D eigenvalue weighted by atomic mass is 19.1. The largest absolute Gasteiger partial charge is 0.488 e. The van der Waals surface area contributed by atoms with Crippen LogP contribution in [0, 0.1) is 19.7 Å². The van der Waals surface area contributed by atoms with Crippen molar-refractivity contribution >= 4 is 5.91 Å². The SMILES string of the molecule is Cc1noc(C)c1COc1ccccc1C(=O)N1CCCN(Cc2ccccc2F)CC1. The first-order chi connectivity index (χ1) is 15.5. The van der Waals surface area contributed by atoms with Crippen molar-refractivity contribution in [2.24, 2.45) is 0 Å². The lowest BCUT2D eigenvalue weighted by Gasteiger charge is -2.23. The quantitative estimate of drug-likeness (QED) is 0.574. The molecular formula is C25H28FN3O3. The molecule has 6 nitrogen and oxygen atoms in total. The minimum Gasteiger partial charge on any atom is -0.488 e. The Balaban J connectivity index is 1.41. The summed E-state index contributed by atoms with van der Waals surface area (Å²) in [6, 6.07) is 14.2. The molecule has 7 heteroatoms. The monoisotopic (exact) mass is 437 g/mol. The zero-order chi connectivity index (χ0) is 22.5. The van der Waals surface area contributed by atoms with Crippen LogP contribution in [0.3, 0.4) is 0 Å². The summed E-state index contributed by atoms with van der Waals surface area (Å²) in [6.07, 6.45) is 0.836. The van der Waals surface area contributed by atoms with E-state index < -0.39 is 0 Å². The van der Waals surface area contributed by atoms with Crippen molar-refractivity contribution in [3.63, 3.8) is 0 Å². The van der Waals surface area contributed by atoms with E-state index in [1.165, 1.54) is 6.07 Å². The van der Waals surface area contributed by atoms with Gasteiger partial charge in [-0.25, -0.2) is 4.39 Å². The number of benzene rings is 2. The van der Waals surface area contributed by atoms with Crippen LogP contribution < -0.4 is 4.74 Å². The molecule has 0 atom stereocenters. The van der Waals surface area contributed by atoms with Gasteiger partial charge in [-0.3, -0.25) is 9.69 Å². The summed E-state index contributed by atoms with van der Waals surface area (Å²) in [7, 11) is 0. The first kappa shape index (κ1) is 22.0. The second-order valence-electron chi connectivity index (χ2n) is 8.10. The molecule has 0 N–H and O–H groups in total. The Labute approximate surface area is 187 Å². The van der Waals surface area contributed by atoms with E-state index in [-0.39, 0.29) is 11.7 Å². The van der Waals surface area contributed by atoms with Crippen molar-refractivity contribution in [2.45, 2.75) is 33.4 Å². The Kier molecular flexibility index (Phi) is 6.85. The van der Waals surface area contributed by atoms with Crippen LogP contribution in [0.25, 0.3) is 0 Å². The van der Waals surface area contributed by atoms with Gasteiger partial charge in [-0.2, -0.15) is 0 Å². The Hall–Kier alpha value is -3.19. The average Bonchev–Trinajstić information content (AvgIpc) is 2.98. The van der Waals surface area contributed by atoms with Crippen LogP contribution in [0.1, 0.15) is 39.4 Å². The minimum absolute atomic E-state index is 0.0490. The van der Waals surface area contributed by atoms with Crippen LogP contribution in [0.2, 0.25) is 0 Å². The average molecular weight is 438 g/mol. The summed E-state index contributed by atoms with van der Waals surface area (Å²) >= 11 is 0. The second kappa shape index (κ2) is 9.96. The van der Waals surface area contributed by atoms with E-state index in [1.807, 2.05) is 49.1 Å². The van der Waals surface area contributed by atoms with Gasteiger partial charge in [-0.15, -0.1) is 0 Å². The highest BCUT2D eigenvalue weighted by Gasteiger charge is 2.23. The zero-order valence-corrected chi connectivity index (χ0v) is 18.5. The van der Waals surface area contributed by atoms with Gasteiger partial charge in [0.1, 0.15) is 23.9 Å². The van der Waals surface area contributed by atoms with Gasteiger partial charge in [-0.1, -0.05) is 35.5 Å². The predicted molar refractivity (Wildman–Crippen MR) is 119 cm³/mol. The Morgan fingerprint density at radius 3 is 2.62 bits per heavy atom. The number of halogens is 1. The molecule has 1 aliphatic rings. The van der Waals surface area contributed by atoms with Crippen LogP contribution in [0.15, 0.2) is 53.1 Å². The van der Waals surface area contributed by atoms with E-state index in [4.69, 9.17) is 9.26 Å². The van der Waals surface area contributed by atoms with Crippen molar-refractivity contribution < 1.29 is 18.4 Å². The number of carbonyl (C=O) groups is 1. The third-order valence-corrected chi connectivity index (χ3v) is 5.90. The van der Waals surface area contributed by atoms with Crippen LogP contribution in [-0.2, 0) is 13.2 Å². The van der Waals surface area contributed by atoms with Crippen molar-refractivity contribution in [1.82, 2.24) is 15.0 Å². The standard InChI is InChI=1S/C25H28FN3O3/c1-18-22(19(2)32-27-18)17-31-24-11-6-4-9-21(24)25(30)29-13-7-12-28(14-15-29)16-20-8-3-5-10-23(20)26/h3-6,8-11H,7,12-17H2,1-2H3. The fourth-order valence-electron chi connectivity index (χ4n) is 4.00. The maximum atomic E-state index is 14.0. The molecule has 3 aromatic rings.